The van der Waals surface area contributed by atoms with Crippen LogP contribution in [-0.4, -0.2) is 11.2 Å². The summed E-state index contributed by atoms with van der Waals surface area (Å²) in [6.07, 6.45) is 2.08. The average Bonchev–Trinajstić information content (AvgIpc) is 2.11. The van der Waals surface area contributed by atoms with Crippen LogP contribution in [0, 0.1) is 5.92 Å². The fourth-order valence-electron chi connectivity index (χ4n) is 0.519. The van der Waals surface area contributed by atoms with Crippen molar-refractivity contribution in [1.82, 2.24) is 0 Å². The molecule has 2 aliphatic carbocycles. The van der Waals surface area contributed by atoms with Gasteiger partial charge in [-0.1, -0.05) is 6.08 Å². The van der Waals surface area contributed by atoms with E-state index in [0.717, 1.165) is 0 Å². The van der Waals surface area contributed by atoms with Crippen molar-refractivity contribution < 1.29 is 5.11 Å². The Hall–Kier alpha value is -0.300. The number of rotatable bonds is 0. The Kier molecular flexibility index (Phi) is 0.114. The molecule has 5 heavy (non-hydrogen) atoms. The Bertz CT molecular complexity index is 104. The van der Waals surface area contributed by atoms with E-state index in [0.29, 0.717) is 5.92 Å². The fraction of sp³-hybridized carbons (Fsp3) is 0.500. The van der Waals surface area contributed by atoms with Crippen LogP contribution < -0.4 is 0 Å². The lowest BCUT2D eigenvalue weighted by atomic mass is 10.5. The molecular formula is C4H4O. The minimum absolute atomic E-state index is 0.00926. The zero-order chi connectivity index (χ0) is 3.44. The standard InChI is InChI=1S/C4H4O/c5-4-2-1-3(2)4/h1-2,4-5H/t2-,4?/m0/s1. The largest absolute Gasteiger partial charge is 0.388 e. The van der Waals surface area contributed by atoms with Crippen molar-refractivity contribution in [2.45, 2.75) is 6.10 Å². The maximum atomic E-state index is 8.42. The molecule has 1 saturated carbocycles. The first-order valence-corrected chi connectivity index (χ1v) is 1.79. The van der Waals surface area contributed by atoms with Gasteiger partial charge in [-0.15, -0.1) is 0 Å². The first kappa shape index (κ1) is 1.98. The second kappa shape index (κ2) is 0.287. The molecule has 0 bridgehead atoms. The summed E-state index contributed by atoms with van der Waals surface area (Å²) in [5, 5.41) is 8.42. The van der Waals surface area contributed by atoms with Gasteiger partial charge in [-0.25, -0.2) is 0 Å². The van der Waals surface area contributed by atoms with Crippen LogP contribution in [0.4, 0.5) is 0 Å². The molecule has 0 heterocycles. The van der Waals surface area contributed by atoms with Gasteiger partial charge in [0.2, 0.25) is 0 Å². The van der Waals surface area contributed by atoms with Gasteiger partial charge in [0, 0.05) is 5.92 Å². The van der Waals surface area contributed by atoms with Crippen molar-refractivity contribution in [3.63, 3.8) is 0 Å². The van der Waals surface area contributed by atoms with Crippen molar-refractivity contribution >= 4 is 0 Å². The van der Waals surface area contributed by atoms with Gasteiger partial charge >= 0.3 is 0 Å². The molecule has 1 nitrogen and oxygen atoms in total. The van der Waals surface area contributed by atoms with Crippen LogP contribution in [0.25, 0.3) is 0 Å². The van der Waals surface area contributed by atoms with Crippen molar-refractivity contribution in [3.05, 3.63) is 11.6 Å². The molecule has 0 spiro atoms. The molecule has 0 saturated heterocycles. The van der Waals surface area contributed by atoms with E-state index in [4.69, 9.17) is 5.11 Å². The Morgan fingerprint density at radius 1 is 1.80 bits per heavy atom. The summed E-state index contributed by atoms with van der Waals surface area (Å²) in [5.74, 6) is 0.565. The lowest BCUT2D eigenvalue weighted by Gasteiger charge is -1.74. The van der Waals surface area contributed by atoms with Gasteiger partial charge in [0.05, 0.1) is 6.10 Å². The predicted octanol–water partition coefficient (Wildman–Crippen LogP) is -0.0829. The Morgan fingerprint density at radius 2 is 2.20 bits per heavy atom. The lowest BCUT2D eigenvalue weighted by Crippen LogP contribution is -1.81. The molecule has 2 aliphatic rings. The fourth-order valence-corrected chi connectivity index (χ4v) is 0.519. The van der Waals surface area contributed by atoms with Crippen LogP contribution in [0.5, 0.6) is 0 Å². The van der Waals surface area contributed by atoms with E-state index in [-0.39, 0.29) is 6.10 Å². The summed E-state index contributed by atoms with van der Waals surface area (Å²) in [5.41, 5.74) is 1.27. The van der Waals surface area contributed by atoms with Crippen molar-refractivity contribution in [2.24, 2.45) is 5.92 Å². The van der Waals surface area contributed by atoms with E-state index in [1.807, 2.05) is 0 Å². The zero-order valence-corrected chi connectivity index (χ0v) is 2.68. The predicted molar refractivity (Wildman–Crippen MR) is 17.6 cm³/mol. The highest BCUT2D eigenvalue weighted by Crippen LogP contribution is 2.53. The summed E-state index contributed by atoms with van der Waals surface area (Å²) < 4.78 is 0. The number of fused-ring (bicyclic) bond motifs is 1. The number of aliphatic hydroxyl groups is 1. The minimum Gasteiger partial charge on any atom is -0.388 e. The van der Waals surface area contributed by atoms with Gasteiger partial charge in [-0.2, -0.15) is 0 Å². The average molecular weight is 68.1 g/mol. The Morgan fingerprint density at radius 3 is 2.20 bits per heavy atom. The van der Waals surface area contributed by atoms with Crippen LogP contribution in [0.15, 0.2) is 11.6 Å². The van der Waals surface area contributed by atoms with Crippen molar-refractivity contribution in [2.75, 3.05) is 0 Å². The van der Waals surface area contributed by atoms with Gasteiger partial charge in [-0.3, -0.25) is 0 Å². The van der Waals surface area contributed by atoms with Crippen molar-refractivity contribution in [3.8, 4) is 0 Å². The molecular weight excluding hydrogens is 64.0 g/mol. The SMILES string of the molecule is OC1C2=C[C@@H]21. The third-order valence-electron chi connectivity index (χ3n) is 1.22. The molecule has 0 aliphatic heterocycles. The van der Waals surface area contributed by atoms with E-state index in [2.05, 4.69) is 6.08 Å². The Labute approximate surface area is 29.9 Å². The first-order valence-electron chi connectivity index (χ1n) is 1.79. The topological polar surface area (TPSA) is 20.2 Å². The van der Waals surface area contributed by atoms with Crippen molar-refractivity contribution in [1.29, 1.82) is 0 Å². The lowest BCUT2D eigenvalue weighted by molar-refractivity contribution is 0.269. The minimum atomic E-state index is 0.00926. The molecule has 0 aromatic heterocycles. The van der Waals surface area contributed by atoms with Crippen LogP contribution in [0.1, 0.15) is 0 Å². The van der Waals surface area contributed by atoms with E-state index in [9.17, 15) is 0 Å². The van der Waals surface area contributed by atoms with Gasteiger partial charge in [-0.05, 0) is 5.57 Å². The van der Waals surface area contributed by atoms with Gasteiger partial charge in [0.1, 0.15) is 0 Å². The molecule has 0 radical (unpaired) electrons. The number of hydrogen-bond donors (Lipinski definition) is 1. The highest BCUT2D eigenvalue weighted by molar-refractivity contribution is 5.52. The second-order valence-corrected chi connectivity index (χ2v) is 1.64. The van der Waals surface area contributed by atoms with Gasteiger partial charge in [0.25, 0.3) is 0 Å². The molecule has 0 aromatic carbocycles. The summed E-state index contributed by atoms with van der Waals surface area (Å²) in [6.45, 7) is 0. The third-order valence-corrected chi connectivity index (χ3v) is 1.22. The molecule has 1 N–H and O–H groups in total. The van der Waals surface area contributed by atoms with E-state index < -0.39 is 0 Å². The maximum Gasteiger partial charge on any atom is 0.0858 e. The number of aliphatic hydroxyl groups excluding tert-OH is 1. The monoisotopic (exact) mass is 68.0 g/mol. The molecule has 2 atom stereocenters. The molecule has 0 amide bonds. The van der Waals surface area contributed by atoms with Crippen LogP contribution in [0.3, 0.4) is 0 Å². The quantitative estimate of drug-likeness (QED) is 0.393. The van der Waals surface area contributed by atoms with Crippen LogP contribution in [0.2, 0.25) is 0 Å². The number of hydrogen-bond acceptors (Lipinski definition) is 1. The first-order chi connectivity index (χ1) is 2.39. The summed E-state index contributed by atoms with van der Waals surface area (Å²) in [6, 6.07) is 0. The Balaban J connectivity index is 2.42. The molecule has 1 fully saturated rings. The summed E-state index contributed by atoms with van der Waals surface area (Å²) >= 11 is 0. The summed E-state index contributed by atoms with van der Waals surface area (Å²) in [7, 11) is 0. The van der Waals surface area contributed by atoms with E-state index in [1.54, 1.807) is 0 Å². The third kappa shape index (κ3) is 0.0781. The molecule has 1 heteroatoms. The molecule has 2 rings (SSSR count). The van der Waals surface area contributed by atoms with E-state index >= 15 is 0 Å². The normalized spacial score (nSPS) is 54.2. The van der Waals surface area contributed by atoms with Crippen LogP contribution in [-0.2, 0) is 0 Å². The summed E-state index contributed by atoms with van der Waals surface area (Å²) in [4.78, 5) is 0. The highest BCUT2D eigenvalue weighted by atomic mass is 16.3. The van der Waals surface area contributed by atoms with Gasteiger partial charge < -0.3 is 5.11 Å². The van der Waals surface area contributed by atoms with Gasteiger partial charge in [0.15, 0.2) is 0 Å². The smallest absolute Gasteiger partial charge is 0.0858 e. The zero-order valence-electron chi connectivity index (χ0n) is 2.68. The maximum absolute atomic E-state index is 8.42. The molecule has 26 valence electrons. The highest BCUT2D eigenvalue weighted by Gasteiger charge is 2.52. The molecule has 1 unspecified atom stereocenters. The second-order valence-electron chi connectivity index (χ2n) is 1.64. The van der Waals surface area contributed by atoms with E-state index in [1.165, 1.54) is 5.57 Å². The molecule has 0 aromatic rings. The van der Waals surface area contributed by atoms with Crippen LogP contribution >= 0.6 is 0 Å².